The predicted octanol–water partition coefficient (Wildman–Crippen LogP) is 18.9. The number of hydrogen-bond donors (Lipinski definition) is 0. The molecule has 0 bridgehead atoms. The molecule has 0 N–H and O–H groups in total. The summed E-state index contributed by atoms with van der Waals surface area (Å²) in [5.41, 5.74) is 15.7. The summed E-state index contributed by atoms with van der Waals surface area (Å²) in [6.45, 7) is 0. The first kappa shape index (κ1) is 36.3. The minimum absolute atomic E-state index is 0.00180. The first-order chi connectivity index (χ1) is 39.6. The van der Waals surface area contributed by atoms with Gasteiger partial charge in [-0.25, -0.2) is 0 Å². The van der Waals surface area contributed by atoms with Gasteiger partial charge in [0.1, 0.15) is 0 Å². The second kappa shape index (κ2) is 17.9. The number of nitrogens with zero attached hydrogens (tertiary/aromatic N) is 3. The van der Waals surface area contributed by atoms with Crippen LogP contribution in [0.1, 0.15) is 31.8 Å². The maximum atomic E-state index is 9.53. The number of aromatic nitrogens is 1. The van der Waals surface area contributed by atoms with E-state index in [2.05, 4.69) is 173 Å². The summed E-state index contributed by atoms with van der Waals surface area (Å²) in [5, 5.41) is 1.99. The zero-order valence-electron chi connectivity index (χ0n) is 47.1. The number of hydrogen-bond acceptors (Lipinski definition) is 2. The summed E-state index contributed by atoms with van der Waals surface area (Å²) in [6.07, 6.45) is 0. The van der Waals surface area contributed by atoms with Crippen molar-refractivity contribution >= 4 is 66.7 Å². The van der Waals surface area contributed by atoms with Crippen LogP contribution in [0.25, 0.3) is 60.5 Å². The van der Waals surface area contributed by atoms with Gasteiger partial charge >= 0.3 is 0 Å². The normalized spacial score (nSPS) is 13.8. The van der Waals surface area contributed by atoms with E-state index in [1.807, 2.05) is 91.0 Å². The third-order valence-corrected chi connectivity index (χ3v) is 14.7. The van der Waals surface area contributed by atoms with Crippen LogP contribution < -0.4 is 9.80 Å². The third kappa shape index (κ3) is 6.97. The van der Waals surface area contributed by atoms with Gasteiger partial charge in [-0.15, -0.1) is 0 Å². The molecule has 0 amide bonds. The van der Waals surface area contributed by atoms with E-state index in [4.69, 9.17) is 6.85 Å². The van der Waals surface area contributed by atoms with Crippen LogP contribution in [0, 0.1) is 0 Å². The molecule has 0 radical (unpaired) electrons. The van der Waals surface area contributed by atoms with Crippen molar-refractivity contribution in [1.82, 2.24) is 4.57 Å². The summed E-state index contributed by atoms with van der Waals surface area (Å²) in [6, 6.07) is 85.7. The first-order valence-electron chi connectivity index (χ1n) is 28.4. The van der Waals surface area contributed by atoms with Gasteiger partial charge in [-0.3, -0.25) is 0 Å². The highest BCUT2D eigenvalue weighted by Gasteiger charge is 2.46. The molecular formula is C71H49N3. The van der Waals surface area contributed by atoms with Crippen LogP contribution in [-0.2, 0) is 5.41 Å². The highest BCUT2D eigenvalue weighted by Crippen LogP contribution is 2.57. The number of fused-ring (bicyclic) bond motifs is 7. The van der Waals surface area contributed by atoms with Gasteiger partial charge < -0.3 is 14.4 Å². The Kier molecular flexibility index (Phi) is 8.75. The monoisotopic (exact) mass is 950 g/mol. The van der Waals surface area contributed by atoms with Crippen LogP contribution in [-0.4, -0.2) is 4.57 Å². The summed E-state index contributed by atoms with van der Waals surface area (Å²) in [4.78, 5) is 4.07. The Hall–Kier alpha value is -9.70. The van der Waals surface area contributed by atoms with Crippen LogP contribution >= 0.6 is 0 Å². The molecule has 0 unspecified atom stereocenters. The van der Waals surface area contributed by atoms with E-state index in [9.17, 15) is 2.74 Å². The van der Waals surface area contributed by atoms with Crippen molar-refractivity contribution in [2.75, 3.05) is 9.80 Å². The number of para-hydroxylation sites is 2. The molecule has 0 atom stereocenters. The molecule has 13 aromatic rings. The average molecular weight is 951 g/mol. The van der Waals surface area contributed by atoms with Gasteiger partial charge in [0.15, 0.2) is 0 Å². The molecule has 0 saturated carbocycles. The Bertz CT molecular complexity index is 4500. The summed E-state index contributed by atoms with van der Waals surface area (Å²) in [5.74, 6) is 0. The molecule has 3 heteroatoms. The molecule has 348 valence electrons. The van der Waals surface area contributed by atoms with E-state index in [1.165, 1.54) is 27.8 Å². The SMILES string of the molecule is [2H]c1c([2H])c([2H])c2c(N(c3ccc(-c4ccccc4)cc3)c3ccc(-n4c5ccc(N(c6ccccc6)c6ccccc6)cc5c5cc(C6(c7ccccc7)c7ccccc7-c7ccccc76)ccc54)cc3)c([2H])c([2H])c([2H])c2c1[2H]. The van der Waals surface area contributed by atoms with Gasteiger partial charge in [0.2, 0.25) is 0 Å². The standard InChI is InChI=1S/C71H49N3/c1-5-20-50(21-6-1)51-36-39-57(40-37-51)73(68-35-19-23-52-22-13-14-30-61(52)68)58-41-43-59(44-42-58)74-69-46-38-54(71(53-24-7-2-8-25-53)66-33-17-15-31-62(66)63-32-16-18-34-67(63)71)48-64(69)65-49-60(45-47-70(65)74)72(55-26-9-3-10-27-55)56-28-11-4-12-29-56/h1-49H/i13D,14D,19D,22D,23D,30D,35D. The zero-order valence-corrected chi connectivity index (χ0v) is 40.1. The van der Waals surface area contributed by atoms with Gasteiger partial charge in [0, 0.05) is 50.3 Å². The Morgan fingerprint density at radius 2 is 0.824 bits per heavy atom. The third-order valence-electron chi connectivity index (χ3n) is 14.7. The fraction of sp³-hybridized carbons (Fsp3) is 0.0141. The predicted molar refractivity (Wildman–Crippen MR) is 310 cm³/mol. The van der Waals surface area contributed by atoms with E-state index >= 15 is 0 Å². The molecule has 3 nitrogen and oxygen atoms in total. The molecule has 1 aliphatic carbocycles. The van der Waals surface area contributed by atoms with Crippen molar-refractivity contribution in [2.45, 2.75) is 5.41 Å². The molecule has 0 fully saturated rings. The van der Waals surface area contributed by atoms with E-state index in [0.717, 1.165) is 61.2 Å². The van der Waals surface area contributed by atoms with Crippen molar-refractivity contribution in [3.05, 3.63) is 319 Å². The lowest BCUT2D eigenvalue weighted by atomic mass is 9.67. The van der Waals surface area contributed by atoms with E-state index in [1.54, 1.807) is 4.90 Å². The van der Waals surface area contributed by atoms with Crippen LogP contribution in [0.4, 0.5) is 34.1 Å². The summed E-state index contributed by atoms with van der Waals surface area (Å²) >= 11 is 0. The number of anilines is 6. The van der Waals surface area contributed by atoms with E-state index < -0.39 is 35.6 Å². The second-order valence-electron chi connectivity index (χ2n) is 18.7. The Balaban J connectivity index is 1.01. The van der Waals surface area contributed by atoms with Crippen molar-refractivity contribution < 1.29 is 9.60 Å². The van der Waals surface area contributed by atoms with Gasteiger partial charge in [0.25, 0.3) is 0 Å². The Morgan fingerprint density at radius 1 is 0.338 bits per heavy atom. The number of rotatable bonds is 10. The largest absolute Gasteiger partial charge is 0.310 e. The van der Waals surface area contributed by atoms with Crippen molar-refractivity contribution in [2.24, 2.45) is 0 Å². The molecule has 74 heavy (non-hydrogen) atoms. The maximum Gasteiger partial charge on any atom is 0.0713 e. The molecule has 14 rings (SSSR count). The topological polar surface area (TPSA) is 11.4 Å². The highest BCUT2D eigenvalue weighted by molar-refractivity contribution is 6.11. The lowest BCUT2D eigenvalue weighted by molar-refractivity contribution is 0.770. The molecule has 0 aliphatic heterocycles. The summed E-state index contributed by atoms with van der Waals surface area (Å²) in [7, 11) is 0. The van der Waals surface area contributed by atoms with Crippen LogP contribution in [0.2, 0.25) is 0 Å². The minimum atomic E-state index is -0.639. The molecular weight excluding hydrogens is 895 g/mol. The number of benzene rings is 12. The zero-order chi connectivity index (χ0) is 55.1. The molecule has 1 aliphatic rings. The quantitative estimate of drug-likeness (QED) is 0.135. The second-order valence-corrected chi connectivity index (χ2v) is 18.7. The molecule has 0 spiro atoms. The first-order valence-corrected chi connectivity index (χ1v) is 24.9. The fourth-order valence-electron chi connectivity index (χ4n) is 11.5. The van der Waals surface area contributed by atoms with Crippen molar-refractivity contribution in [3.63, 3.8) is 0 Å². The van der Waals surface area contributed by atoms with Gasteiger partial charge in [-0.1, -0.05) is 200 Å². The van der Waals surface area contributed by atoms with Gasteiger partial charge in [-0.2, -0.15) is 0 Å². The van der Waals surface area contributed by atoms with Crippen LogP contribution in [0.3, 0.4) is 0 Å². The van der Waals surface area contributed by atoms with Gasteiger partial charge in [-0.05, 0) is 147 Å². The van der Waals surface area contributed by atoms with Crippen LogP contribution in [0.5, 0.6) is 0 Å². The van der Waals surface area contributed by atoms with Crippen molar-refractivity contribution in [3.8, 4) is 27.9 Å². The lowest BCUT2D eigenvalue weighted by Crippen LogP contribution is -2.28. The van der Waals surface area contributed by atoms with E-state index in [-0.39, 0.29) is 28.5 Å². The molecule has 1 aromatic heterocycles. The van der Waals surface area contributed by atoms with E-state index in [0.29, 0.717) is 11.4 Å². The Labute approximate surface area is 441 Å². The molecule has 0 saturated heterocycles. The molecule has 12 aromatic carbocycles. The average Bonchev–Trinajstić information content (AvgIpc) is 3.59. The fourth-order valence-corrected chi connectivity index (χ4v) is 11.5. The van der Waals surface area contributed by atoms with Crippen molar-refractivity contribution in [1.29, 1.82) is 0 Å². The smallest absolute Gasteiger partial charge is 0.0713 e. The van der Waals surface area contributed by atoms with Gasteiger partial charge in [0.05, 0.1) is 31.7 Å². The summed E-state index contributed by atoms with van der Waals surface area (Å²) < 4.78 is 65.5. The minimum Gasteiger partial charge on any atom is -0.310 e. The maximum absolute atomic E-state index is 9.53. The highest BCUT2D eigenvalue weighted by atomic mass is 15.1. The lowest BCUT2D eigenvalue weighted by Gasteiger charge is -2.34. The van der Waals surface area contributed by atoms with Crippen LogP contribution in [0.15, 0.2) is 297 Å². The Morgan fingerprint density at radius 3 is 1.47 bits per heavy atom. The molecule has 1 heterocycles.